The van der Waals surface area contributed by atoms with Gasteiger partial charge in [0.1, 0.15) is 0 Å². The maximum atomic E-state index is 13.1. The van der Waals surface area contributed by atoms with Crippen molar-refractivity contribution in [1.29, 1.82) is 0 Å². The maximum absolute atomic E-state index is 13.1. The molecule has 1 unspecified atom stereocenters. The van der Waals surface area contributed by atoms with Gasteiger partial charge in [-0.05, 0) is 24.0 Å². The molecule has 1 atom stereocenters. The number of aromatic nitrogens is 3. The van der Waals surface area contributed by atoms with Gasteiger partial charge in [0.2, 0.25) is 0 Å². The summed E-state index contributed by atoms with van der Waals surface area (Å²) in [7, 11) is 0. The summed E-state index contributed by atoms with van der Waals surface area (Å²) in [6.45, 7) is 7.93. The number of rotatable bonds is 4. The van der Waals surface area contributed by atoms with Crippen LogP contribution in [0.5, 0.6) is 0 Å². The molecule has 4 nitrogen and oxygen atoms in total. The molecule has 2 aromatic heterocycles. The van der Waals surface area contributed by atoms with Crippen molar-refractivity contribution in [3.63, 3.8) is 0 Å². The molecule has 0 bridgehead atoms. The highest BCUT2D eigenvalue weighted by molar-refractivity contribution is 8.00. The van der Waals surface area contributed by atoms with E-state index in [1.807, 2.05) is 12.1 Å². The van der Waals surface area contributed by atoms with E-state index in [0.717, 1.165) is 29.6 Å². The molecule has 9 heteroatoms. The minimum absolute atomic E-state index is 0.0299. The molecule has 3 aromatic rings. The van der Waals surface area contributed by atoms with E-state index in [4.69, 9.17) is 11.6 Å². The maximum Gasteiger partial charge on any atom is 0.417 e. The van der Waals surface area contributed by atoms with E-state index in [9.17, 15) is 18.0 Å². The second-order valence-corrected chi connectivity index (χ2v) is 9.42. The molecular formula is C20H19ClF3N3OS. The van der Waals surface area contributed by atoms with Gasteiger partial charge in [-0.25, -0.2) is 0 Å². The van der Waals surface area contributed by atoms with Crippen LogP contribution in [0.2, 0.25) is 5.02 Å². The van der Waals surface area contributed by atoms with Gasteiger partial charge in [0, 0.05) is 11.8 Å². The van der Waals surface area contributed by atoms with Crippen LogP contribution in [0.3, 0.4) is 0 Å². The zero-order chi connectivity index (χ0) is 21.6. The van der Waals surface area contributed by atoms with Gasteiger partial charge < -0.3 is 0 Å². The number of nitrogens with zero attached hydrogens (tertiary/aromatic N) is 3. The predicted molar refractivity (Wildman–Crippen MR) is 108 cm³/mol. The van der Waals surface area contributed by atoms with Gasteiger partial charge in [0.05, 0.1) is 15.8 Å². The molecular weight excluding hydrogens is 423 g/mol. The molecule has 0 saturated carbocycles. The number of thioether (sulfide) groups is 1. The normalized spacial score (nSPS) is 13.7. The highest BCUT2D eigenvalue weighted by Gasteiger charge is 2.32. The summed E-state index contributed by atoms with van der Waals surface area (Å²) in [6, 6.07) is 8.16. The largest absolute Gasteiger partial charge is 0.417 e. The van der Waals surface area contributed by atoms with Crippen LogP contribution < -0.4 is 0 Å². The number of alkyl halides is 3. The summed E-state index contributed by atoms with van der Waals surface area (Å²) in [5.41, 5.74) is 0.801. The second kappa shape index (κ2) is 7.65. The highest BCUT2D eigenvalue weighted by atomic mass is 35.5. The Balaban J connectivity index is 1.86. The number of fused-ring (bicyclic) bond motifs is 1. The monoisotopic (exact) mass is 441 g/mol. The molecule has 29 heavy (non-hydrogen) atoms. The second-order valence-electron chi connectivity index (χ2n) is 7.70. The van der Waals surface area contributed by atoms with E-state index in [0.29, 0.717) is 5.56 Å². The quantitative estimate of drug-likeness (QED) is 0.364. The summed E-state index contributed by atoms with van der Waals surface area (Å²) in [5, 5.41) is 7.20. The summed E-state index contributed by atoms with van der Waals surface area (Å²) < 4.78 is 40.4. The molecule has 0 saturated heterocycles. The minimum atomic E-state index is -4.56. The zero-order valence-electron chi connectivity index (χ0n) is 16.2. The Morgan fingerprint density at radius 3 is 2.28 bits per heavy atom. The molecule has 3 rings (SSSR count). The van der Waals surface area contributed by atoms with Crippen molar-refractivity contribution >= 4 is 34.8 Å². The van der Waals surface area contributed by atoms with E-state index in [1.54, 1.807) is 19.1 Å². The third-order valence-electron chi connectivity index (χ3n) is 4.44. The van der Waals surface area contributed by atoms with E-state index >= 15 is 0 Å². The summed E-state index contributed by atoms with van der Waals surface area (Å²) in [6.07, 6.45) is -3.67. The van der Waals surface area contributed by atoms with Crippen molar-refractivity contribution in [2.24, 2.45) is 0 Å². The molecule has 0 aliphatic rings. The first-order chi connectivity index (χ1) is 13.4. The number of halogens is 4. The third-order valence-corrected chi connectivity index (χ3v) is 5.78. The number of carbonyl (C=O) groups is 1. The standard InChI is InChI=1S/C20H19ClF3N3OS/c1-11(16(28)12-5-7-13(8-6-12)19(2,3)4)29-18-26-25-17-15(21)9-14(10-27(17)18)20(22,23)24/h5-11H,1-4H3. The number of ketones is 1. The molecule has 0 aliphatic heterocycles. The number of hydrogen-bond acceptors (Lipinski definition) is 4. The van der Waals surface area contributed by atoms with Crippen molar-refractivity contribution in [3.05, 3.63) is 58.2 Å². The lowest BCUT2D eigenvalue weighted by Gasteiger charge is -2.19. The van der Waals surface area contributed by atoms with Gasteiger partial charge in [-0.3, -0.25) is 9.20 Å². The fourth-order valence-electron chi connectivity index (χ4n) is 2.75. The van der Waals surface area contributed by atoms with Crippen molar-refractivity contribution in [3.8, 4) is 0 Å². The van der Waals surface area contributed by atoms with Crippen LogP contribution in [0.1, 0.15) is 49.2 Å². The third kappa shape index (κ3) is 4.59. The number of benzene rings is 1. The first kappa shape index (κ1) is 21.6. The van der Waals surface area contributed by atoms with Crippen molar-refractivity contribution in [2.75, 3.05) is 0 Å². The highest BCUT2D eigenvalue weighted by Crippen LogP contribution is 2.34. The first-order valence-corrected chi connectivity index (χ1v) is 10.1. The Hall–Kier alpha value is -2.06. The van der Waals surface area contributed by atoms with Crippen molar-refractivity contribution in [2.45, 2.75) is 49.7 Å². The molecule has 0 aliphatic carbocycles. The van der Waals surface area contributed by atoms with Crippen LogP contribution in [0, 0.1) is 0 Å². The number of Topliss-reactive ketones (excluding diaryl/α,β-unsaturated/α-hetero) is 1. The lowest BCUT2D eigenvalue weighted by molar-refractivity contribution is -0.137. The Labute approximate surface area is 175 Å². The van der Waals surface area contributed by atoms with E-state index in [2.05, 4.69) is 31.0 Å². The Morgan fingerprint density at radius 1 is 1.10 bits per heavy atom. The molecule has 0 N–H and O–H groups in total. The van der Waals surface area contributed by atoms with Crippen LogP contribution in [-0.4, -0.2) is 25.6 Å². The smallest absolute Gasteiger partial charge is 0.293 e. The molecule has 0 fully saturated rings. The summed E-state index contributed by atoms with van der Waals surface area (Å²) >= 11 is 6.96. The summed E-state index contributed by atoms with van der Waals surface area (Å²) in [5.74, 6) is -0.148. The minimum Gasteiger partial charge on any atom is -0.293 e. The lowest BCUT2D eigenvalue weighted by atomic mass is 9.86. The Morgan fingerprint density at radius 2 is 1.72 bits per heavy atom. The fraction of sp³-hybridized carbons (Fsp3) is 0.350. The van der Waals surface area contributed by atoms with E-state index in [-0.39, 0.29) is 27.0 Å². The molecule has 0 radical (unpaired) electrons. The zero-order valence-corrected chi connectivity index (χ0v) is 17.8. The van der Waals surface area contributed by atoms with Gasteiger partial charge in [0.25, 0.3) is 0 Å². The predicted octanol–water partition coefficient (Wildman–Crippen LogP) is 6.06. The van der Waals surface area contributed by atoms with Gasteiger partial charge in [0.15, 0.2) is 16.6 Å². The van der Waals surface area contributed by atoms with Crippen LogP contribution in [0.4, 0.5) is 13.2 Å². The van der Waals surface area contributed by atoms with E-state index in [1.165, 1.54) is 4.40 Å². The Kier molecular flexibility index (Phi) is 5.71. The lowest BCUT2D eigenvalue weighted by Crippen LogP contribution is -2.15. The topological polar surface area (TPSA) is 47.3 Å². The number of carbonyl (C=O) groups excluding carboxylic acids is 1. The fourth-order valence-corrected chi connectivity index (χ4v) is 3.90. The average molecular weight is 442 g/mol. The molecule has 1 aromatic carbocycles. The molecule has 2 heterocycles. The van der Waals surface area contributed by atoms with Crippen LogP contribution in [-0.2, 0) is 11.6 Å². The van der Waals surface area contributed by atoms with Gasteiger partial charge in [-0.1, -0.05) is 68.4 Å². The first-order valence-electron chi connectivity index (χ1n) is 8.81. The van der Waals surface area contributed by atoms with Crippen LogP contribution in [0.15, 0.2) is 41.7 Å². The molecule has 0 spiro atoms. The van der Waals surface area contributed by atoms with Crippen LogP contribution >= 0.6 is 23.4 Å². The number of pyridine rings is 1. The summed E-state index contributed by atoms with van der Waals surface area (Å²) in [4.78, 5) is 12.8. The number of hydrogen-bond donors (Lipinski definition) is 0. The van der Waals surface area contributed by atoms with Gasteiger partial charge in [-0.2, -0.15) is 13.2 Å². The molecule has 0 amide bonds. The van der Waals surface area contributed by atoms with E-state index < -0.39 is 17.0 Å². The molecule has 154 valence electrons. The Bertz CT molecular complexity index is 1060. The van der Waals surface area contributed by atoms with Gasteiger partial charge in [-0.15, -0.1) is 10.2 Å². The van der Waals surface area contributed by atoms with Crippen molar-refractivity contribution < 1.29 is 18.0 Å². The average Bonchev–Trinajstić information content (AvgIpc) is 3.03. The SMILES string of the molecule is CC(Sc1nnc2c(Cl)cc(C(F)(F)F)cn12)C(=O)c1ccc(C(C)(C)C)cc1. The van der Waals surface area contributed by atoms with Gasteiger partial charge >= 0.3 is 6.18 Å². The van der Waals surface area contributed by atoms with Crippen LogP contribution in [0.25, 0.3) is 5.65 Å². The van der Waals surface area contributed by atoms with Crippen molar-refractivity contribution in [1.82, 2.24) is 14.6 Å².